The summed E-state index contributed by atoms with van der Waals surface area (Å²) in [5, 5.41) is 11.2. The van der Waals surface area contributed by atoms with Gasteiger partial charge in [0.05, 0.1) is 23.7 Å². The third kappa shape index (κ3) is 3.75. The molecule has 0 aromatic heterocycles. The van der Waals surface area contributed by atoms with E-state index in [2.05, 4.69) is 94.4 Å². The quantitative estimate of drug-likeness (QED) is 0.537. The number of anilines is 1. The van der Waals surface area contributed by atoms with Crippen molar-refractivity contribution in [3.63, 3.8) is 0 Å². The van der Waals surface area contributed by atoms with Crippen molar-refractivity contribution >= 4 is 17.6 Å². The van der Waals surface area contributed by atoms with Gasteiger partial charge in [0.15, 0.2) is 0 Å². The fraction of sp³-hybridized carbons (Fsp3) is 0.130. The van der Waals surface area contributed by atoms with E-state index in [9.17, 15) is 0 Å². The lowest BCUT2D eigenvalue weighted by atomic mass is 9.98. The molecule has 1 N–H and O–H groups in total. The lowest BCUT2D eigenvalue weighted by Gasteiger charge is -2.24. The number of rotatable bonds is 5. The SMILES string of the molecule is CN/N=C/c1ccc(N2N=C(c3ccccc3)CC2c2ccccc2)cc1. The molecule has 134 valence electrons. The molecule has 4 rings (SSSR count). The molecule has 3 aromatic rings. The molecule has 0 amide bonds. The molecule has 1 unspecified atom stereocenters. The Bertz CT molecular complexity index is 931. The topological polar surface area (TPSA) is 40.0 Å². The average molecular weight is 354 g/mol. The van der Waals surface area contributed by atoms with Crippen LogP contribution in [-0.2, 0) is 0 Å². The molecule has 27 heavy (non-hydrogen) atoms. The predicted molar refractivity (Wildman–Crippen MR) is 112 cm³/mol. The van der Waals surface area contributed by atoms with Crippen molar-refractivity contribution in [2.45, 2.75) is 12.5 Å². The number of hydrazone groups is 2. The highest BCUT2D eigenvalue weighted by Crippen LogP contribution is 2.36. The summed E-state index contributed by atoms with van der Waals surface area (Å²) in [5.74, 6) is 0. The van der Waals surface area contributed by atoms with Gasteiger partial charge in [0, 0.05) is 13.5 Å². The molecule has 3 aromatic carbocycles. The second kappa shape index (κ2) is 7.87. The van der Waals surface area contributed by atoms with Gasteiger partial charge in [-0.2, -0.15) is 10.2 Å². The first-order valence-electron chi connectivity index (χ1n) is 9.12. The van der Waals surface area contributed by atoms with Crippen molar-refractivity contribution in [2.24, 2.45) is 10.2 Å². The molecular weight excluding hydrogens is 332 g/mol. The molecule has 1 atom stereocenters. The Balaban J connectivity index is 1.69. The van der Waals surface area contributed by atoms with Crippen LogP contribution in [0, 0.1) is 0 Å². The molecule has 0 bridgehead atoms. The summed E-state index contributed by atoms with van der Waals surface area (Å²) in [5.41, 5.74) is 8.47. The van der Waals surface area contributed by atoms with Crippen molar-refractivity contribution in [2.75, 3.05) is 12.1 Å². The van der Waals surface area contributed by atoms with Crippen LogP contribution in [0.1, 0.15) is 29.2 Å². The van der Waals surface area contributed by atoms with Gasteiger partial charge >= 0.3 is 0 Å². The first-order valence-corrected chi connectivity index (χ1v) is 9.12. The smallest absolute Gasteiger partial charge is 0.0831 e. The second-order valence-electron chi connectivity index (χ2n) is 6.46. The highest BCUT2D eigenvalue weighted by atomic mass is 15.5. The van der Waals surface area contributed by atoms with Gasteiger partial charge in [-0.1, -0.05) is 72.8 Å². The molecule has 0 saturated carbocycles. The Morgan fingerprint density at radius 1 is 0.926 bits per heavy atom. The van der Waals surface area contributed by atoms with Gasteiger partial charge in [-0.3, -0.25) is 5.01 Å². The summed E-state index contributed by atoms with van der Waals surface area (Å²) in [6.45, 7) is 0. The predicted octanol–water partition coefficient (Wildman–Crippen LogP) is 4.60. The fourth-order valence-corrected chi connectivity index (χ4v) is 3.34. The van der Waals surface area contributed by atoms with Crippen molar-refractivity contribution in [3.8, 4) is 0 Å². The van der Waals surface area contributed by atoms with Crippen molar-refractivity contribution < 1.29 is 0 Å². The van der Waals surface area contributed by atoms with E-state index >= 15 is 0 Å². The van der Waals surface area contributed by atoms with Crippen LogP contribution in [0.3, 0.4) is 0 Å². The molecule has 0 saturated heterocycles. The molecule has 1 aliphatic rings. The zero-order valence-electron chi connectivity index (χ0n) is 15.3. The van der Waals surface area contributed by atoms with Crippen LogP contribution < -0.4 is 10.4 Å². The molecule has 0 aliphatic carbocycles. The summed E-state index contributed by atoms with van der Waals surface area (Å²) in [6.07, 6.45) is 2.69. The van der Waals surface area contributed by atoms with Gasteiger partial charge in [-0.05, 0) is 28.8 Å². The Morgan fingerprint density at radius 2 is 1.59 bits per heavy atom. The maximum absolute atomic E-state index is 4.98. The lowest BCUT2D eigenvalue weighted by Crippen LogP contribution is -2.18. The molecule has 0 spiro atoms. The lowest BCUT2D eigenvalue weighted by molar-refractivity contribution is 0.709. The molecule has 1 heterocycles. The van der Waals surface area contributed by atoms with E-state index in [0.29, 0.717) is 0 Å². The summed E-state index contributed by atoms with van der Waals surface area (Å²) in [4.78, 5) is 0. The first kappa shape index (κ1) is 17.0. The first-order chi connectivity index (χ1) is 13.3. The molecule has 0 fully saturated rings. The Morgan fingerprint density at radius 3 is 2.26 bits per heavy atom. The number of hydrogen-bond donors (Lipinski definition) is 1. The highest BCUT2D eigenvalue weighted by Gasteiger charge is 2.29. The zero-order chi connectivity index (χ0) is 18.5. The van der Waals surface area contributed by atoms with E-state index in [1.165, 1.54) is 11.1 Å². The van der Waals surface area contributed by atoms with Gasteiger partial charge in [0.1, 0.15) is 0 Å². The molecular formula is C23H22N4. The minimum absolute atomic E-state index is 0.193. The minimum Gasteiger partial charge on any atom is -0.313 e. The molecule has 4 nitrogen and oxygen atoms in total. The van der Waals surface area contributed by atoms with Gasteiger partial charge in [-0.15, -0.1) is 0 Å². The Labute approximate surface area is 159 Å². The van der Waals surface area contributed by atoms with Crippen molar-refractivity contribution in [3.05, 3.63) is 102 Å². The number of nitrogens with zero attached hydrogens (tertiary/aromatic N) is 3. The van der Waals surface area contributed by atoms with Crippen LogP contribution in [0.2, 0.25) is 0 Å². The van der Waals surface area contributed by atoms with E-state index in [1.807, 2.05) is 6.07 Å². The summed E-state index contributed by atoms with van der Waals surface area (Å²) in [6, 6.07) is 29.5. The summed E-state index contributed by atoms with van der Waals surface area (Å²) in [7, 11) is 1.79. The van der Waals surface area contributed by atoms with Crippen molar-refractivity contribution in [1.82, 2.24) is 5.43 Å². The third-order valence-corrected chi connectivity index (χ3v) is 4.70. The van der Waals surface area contributed by atoms with Crippen molar-refractivity contribution in [1.29, 1.82) is 0 Å². The standard InChI is InChI=1S/C23H22N4/c1-24-25-17-18-12-14-21(15-13-18)27-23(20-10-6-3-7-11-20)16-22(26-27)19-8-4-2-5-9-19/h2-15,17,23-24H,16H2,1H3/b25-17+. The van der Waals surface area contributed by atoms with Crippen LogP contribution in [0.5, 0.6) is 0 Å². The van der Waals surface area contributed by atoms with Crippen LogP contribution in [0.25, 0.3) is 0 Å². The maximum atomic E-state index is 4.98. The molecule has 4 heteroatoms. The van der Waals surface area contributed by atoms with Gasteiger partial charge < -0.3 is 5.43 Å². The number of hydrogen-bond acceptors (Lipinski definition) is 4. The molecule has 1 aliphatic heterocycles. The van der Waals surface area contributed by atoms with E-state index in [0.717, 1.165) is 23.4 Å². The minimum atomic E-state index is 0.193. The van der Waals surface area contributed by atoms with E-state index in [1.54, 1.807) is 13.3 Å². The van der Waals surface area contributed by atoms with E-state index in [4.69, 9.17) is 5.10 Å². The van der Waals surface area contributed by atoms with Gasteiger partial charge in [0.25, 0.3) is 0 Å². The van der Waals surface area contributed by atoms with Crippen LogP contribution in [0.15, 0.2) is 95.1 Å². The summed E-state index contributed by atoms with van der Waals surface area (Å²) < 4.78 is 0. The number of nitrogens with one attached hydrogen (secondary N) is 1. The normalized spacial score (nSPS) is 16.6. The third-order valence-electron chi connectivity index (χ3n) is 4.70. The van der Waals surface area contributed by atoms with E-state index < -0.39 is 0 Å². The average Bonchev–Trinajstić information content (AvgIpc) is 3.19. The van der Waals surface area contributed by atoms with Crippen LogP contribution in [-0.4, -0.2) is 19.0 Å². The maximum Gasteiger partial charge on any atom is 0.0831 e. The molecule has 0 radical (unpaired) electrons. The Kier molecular flexibility index (Phi) is 4.97. The van der Waals surface area contributed by atoms with E-state index in [-0.39, 0.29) is 6.04 Å². The fourth-order valence-electron chi connectivity index (χ4n) is 3.34. The number of benzene rings is 3. The largest absolute Gasteiger partial charge is 0.313 e. The van der Waals surface area contributed by atoms with Gasteiger partial charge in [0.2, 0.25) is 0 Å². The van der Waals surface area contributed by atoms with Gasteiger partial charge in [-0.25, -0.2) is 0 Å². The van der Waals surface area contributed by atoms with Crippen LogP contribution in [0.4, 0.5) is 5.69 Å². The van der Waals surface area contributed by atoms with Crippen LogP contribution >= 0.6 is 0 Å². The Hall–Kier alpha value is -3.40. The monoisotopic (exact) mass is 354 g/mol. The zero-order valence-corrected chi connectivity index (χ0v) is 15.3. The highest BCUT2D eigenvalue weighted by molar-refractivity contribution is 6.03. The summed E-state index contributed by atoms with van der Waals surface area (Å²) >= 11 is 0. The second-order valence-corrected chi connectivity index (χ2v) is 6.46.